The van der Waals surface area contributed by atoms with E-state index >= 15 is 0 Å². The Labute approximate surface area is 112 Å². The zero-order valence-electron chi connectivity index (χ0n) is 11.5. The van der Waals surface area contributed by atoms with Gasteiger partial charge in [-0.15, -0.1) is 0 Å². The highest BCUT2D eigenvalue weighted by atomic mass is 16.1. The van der Waals surface area contributed by atoms with E-state index in [4.69, 9.17) is 5.73 Å². The number of likely N-dealkylation sites (tertiary alicyclic amines) is 1. The molecule has 1 aromatic rings. The minimum atomic E-state index is -0.198. The van der Waals surface area contributed by atoms with Crippen molar-refractivity contribution in [2.75, 3.05) is 18.8 Å². The average molecular weight is 260 g/mol. The van der Waals surface area contributed by atoms with Crippen molar-refractivity contribution in [1.29, 1.82) is 0 Å². The molecule has 1 aromatic heterocycles. The predicted octanol–water partition coefficient (Wildman–Crippen LogP) is 1.47. The molecule has 0 amide bonds. The van der Waals surface area contributed by atoms with Crippen LogP contribution in [-0.2, 0) is 5.41 Å². The van der Waals surface area contributed by atoms with Crippen LogP contribution in [0.15, 0.2) is 10.5 Å². The molecule has 5 nitrogen and oxygen atoms in total. The molecule has 5 heteroatoms. The first-order valence-corrected chi connectivity index (χ1v) is 6.83. The molecule has 0 spiro atoms. The van der Waals surface area contributed by atoms with E-state index in [1.807, 2.05) is 6.08 Å². The number of allylic oxidation sites excluding steroid dienone is 1. The molecule has 0 aromatic carbocycles. The number of nitrogens with one attached hydrogen (secondary N) is 1. The second kappa shape index (κ2) is 4.11. The second-order valence-electron chi connectivity index (χ2n) is 6.10. The second-order valence-corrected chi connectivity index (χ2v) is 6.10. The normalized spacial score (nSPS) is 21.2. The Morgan fingerprint density at radius 1 is 1.37 bits per heavy atom. The van der Waals surface area contributed by atoms with Crippen molar-refractivity contribution >= 4 is 12.0 Å². The molecule has 1 fully saturated rings. The topological polar surface area (TPSA) is 75.0 Å². The van der Waals surface area contributed by atoms with E-state index in [1.54, 1.807) is 0 Å². The number of nitrogens with two attached hydrogens (primary N) is 1. The Bertz CT molecular complexity index is 594. The number of nitrogens with zero attached hydrogens (tertiary/aromatic N) is 2. The van der Waals surface area contributed by atoms with Crippen LogP contribution in [-0.4, -0.2) is 28.0 Å². The fourth-order valence-electron chi connectivity index (χ4n) is 3.22. The molecule has 2 aliphatic rings. The van der Waals surface area contributed by atoms with Gasteiger partial charge in [-0.3, -0.25) is 9.78 Å². The van der Waals surface area contributed by atoms with E-state index in [-0.39, 0.29) is 16.9 Å². The summed E-state index contributed by atoms with van der Waals surface area (Å²) in [6.07, 6.45) is 5.41. The predicted molar refractivity (Wildman–Crippen MR) is 75.7 cm³/mol. The third kappa shape index (κ3) is 2.03. The number of nitrogen functional groups attached to an aromatic ring is 1. The minimum absolute atomic E-state index is 0.107. The summed E-state index contributed by atoms with van der Waals surface area (Å²) in [6, 6.07) is 0. The molecule has 0 radical (unpaired) electrons. The van der Waals surface area contributed by atoms with Gasteiger partial charge in [-0.25, -0.2) is 4.98 Å². The highest BCUT2D eigenvalue weighted by molar-refractivity contribution is 5.59. The number of aromatic amines is 1. The lowest BCUT2D eigenvalue weighted by Gasteiger charge is -2.34. The van der Waals surface area contributed by atoms with Gasteiger partial charge in [0.2, 0.25) is 5.95 Å². The number of anilines is 1. The molecule has 1 aliphatic heterocycles. The molecule has 0 saturated carbocycles. The van der Waals surface area contributed by atoms with E-state index < -0.39 is 0 Å². The van der Waals surface area contributed by atoms with Crippen LogP contribution in [0.25, 0.3) is 6.08 Å². The van der Waals surface area contributed by atoms with Crippen molar-refractivity contribution in [3.8, 4) is 0 Å². The number of aromatic nitrogens is 2. The number of hydrogen-bond acceptors (Lipinski definition) is 4. The number of hydrogen-bond donors (Lipinski definition) is 2. The third-order valence-electron chi connectivity index (χ3n) is 4.08. The van der Waals surface area contributed by atoms with Crippen LogP contribution in [0.2, 0.25) is 0 Å². The largest absolute Gasteiger partial charge is 0.375 e. The van der Waals surface area contributed by atoms with Gasteiger partial charge in [-0.05, 0) is 25.3 Å². The fraction of sp³-hybridized carbons (Fsp3) is 0.571. The molecule has 2 heterocycles. The molecule has 19 heavy (non-hydrogen) atoms. The summed E-state index contributed by atoms with van der Waals surface area (Å²) in [5.74, 6) is 0.193. The molecule has 3 N–H and O–H groups in total. The Hall–Kier alpha value is -1.78. The first kappa shape index (κ1) is 12.3. The molecular formula is C14H20N4O. The van der Waals surface area contributed by atoms with Crippen LogP contribution in [0.3, 0.4) is 0 Å². The average Bonchev–Trinajstić information content (AvgIpc) is 2.78. The third-order valence-corrected chi connectivity index (χ3v) is 4.08. The first-order valence-electron chi connectivity index (χ1n) is 6.83. The van der Waals surface area contributed by atoms with Crippen LogP contribution in [0.5, 0.6) is 0 Å². The number of rotatable bonds is 1. The standard InChI is InChI=1S/C14H20N4O/c1-14(2)8-9(18-5-3-4-6-18)7-10-11(14)12(19)17-13(15)16-10/h7H,3-6,8H2,1-2H3,(H3,15,16,17,19). The quantitative estimate of drug-likeness (QED) is 0.802. The van der Waals surface area contributed by atoms with Gasteiger partial charge in [-0.2, -0.15) is 0 Å². The van der Waals surface area contributed by atoms with Gasteiger partial charge in [-0.1, -0.05) is 13.8 Å². The molecule has 0 unspecified atom stereocenters. The molecule has 1 aliphatic carbocycles. The molecule has 102 valence electrons. The van der Waals surface area contributed by atoms with Gasteiger partial charge >= 0.3 is 0 Å². The smallest absolute Gasteiger partial charge is 0.256 e. The highest BCUT2D eigenvalue weighted by Gasteiger charge is 2.34. The van der Waals surface area contributed by atoms with E-state index in [0.29, 0.717) is 0 Å². The fourth-order valence-corrected chi connectivity index (χ4v) is 3.22. The summed E-state index contributed by atoms with van der Waals surface area (Å²) < 4.78 is 0. The van der Waals surface area contributed by atoms with Gasteiger partial charge < -0.3 is 10.6 Å². The van der Waals surface area contributed by atoms with Crippen LogP contribution in [0.1, 0.15) is 44.4 Å². The summed E-state index contributed by atoms with van der Waals surface area (Å²) in [7, 11) is 0. The Morgan fingerprint density at radius 3 is 2.74 bits per heavy atom. The lowest BCUT2D eigenvalue weighted by molar-refractivity contribution is 0.365. The van der Waals surface area contributed by atoms with Crippen molar-refractivity contribution in [1.82, 2.24) is 14.9 Å². The van der Waals surface area contributed by atoms with Gasteiger partial charge in [0.05, 0.1) is 5.69 Å². The van der Waals surface area contributed by atoms with Crippen molar-refractivity contribution in [2.24, 2.45) is 0 Å². The number of H-pyrrole nitrogens is 1. The van der Waals surface area contributed by atoms with Crippen molar-refractivity contribution in [3.63, 3.8) is 0 Å². The summed E-state index contributed by atoms with van der Waals surface area (Å²) in [6.45, 7) is 6.41. The maximum absolute atomic E-state index is 12.1. The molecule has 0 atom stereocenters. The van der Waals surface area contributed by atoms with Crippen molar-refractivity contribution in [2.45, 2.75) is 38.5 Å². The van der Waals surface area contributed by atoms with Crippen LogP contribution in [0.4, 0.5) is 5.95 Å². The van der Waals surface area contributed by atoms with Crippen molar-refractivity contribution in [3.05, 3.63) is 27.3 Å². The maximum atomic E-state index is 12.1. The monoisotopic (exact) mass is 260 g/mol. The summed E-state index contributed by atoms with van der Waals surface area (Å²) in [5.41, 5.74) is 8.13. The highest BCUT2D eigenvalue weighted by Crippen LogP contribution is 2.37. The maximum Gasteiger partial charge on any atom is 0.256 e. The Balaban J connectivity index is 2.13. The molecule has 1 saturated heterocycles. The lowest BCUT2D eigenvalue weighted by atomic mass is 9.76. The summed E-state index contributed by atoms with van der Waals surface area (Å²) in [5, 5.41) is 0. The van der Waals surface area contributed by atoms with Crippen LogP contribution >= 0.6 is 0 Å². The lowest BCUT2D eigenvalue weighted by Crippen LogP contribution is -2.36. The first-order chi connectivity index (χ1) is 8.97. The van der Waals surface area contributed by atoms with Crippen LogP contribution < -0.4 is 11.3 Å². The van der Waals surface area contributed by atoms with E-state index in [1.165, 1.54) is 18.5 Å². The van der Waals surface area contributed by atoms with E-state index in [9.17, 15) is 4.79 Å². The van der Waals surface area contributed by atoms with E-state index in [2.05, 4.69) is 28.7 Å². The summed E-state index contributed by atoms with van der Waals surface area (Å²) in [4.78, 5) is 21.4. The van der Waals surface area contributed by atoms with E-state index in [0.717, 1.165) is 30.8 Å². The van der Waals surface area contributed by atoms with Gasteiger partial charge in [0, 0.05) is 29.8 Å². The summed E-state index contributed by atoms with van der Waals surface area (Å²) >= 11 is 0. The minimum Gasteiger partial charge on any atom is -0.375 e. The van der Waals surface area contributed by atoms with Gasteiger partial charge in [0.1, 0.15) is 0 Å². The molecule has 3 rings (SSSR count). The zero-order chi connectivity index (χ0) is 13.6. The number of fused-ring (bicyclic) bond motifs is 1. The molecule has 0 bridgehead atoms. The van der Waals surface area contributed by atoms with Gasteiger partial charge in [0.25, 0.3) is 5.56 Å². The zero-order valence-corrected chi connectivity index (χ0v) is 11.5. The SMILES string of the molecule is CC1(C)CC(N2CCCC2)=Cc2nc(N)[nH]c(=O)c21. The van der Waals surface area contributed by atoms with Crippen LogP contribution in [0, 0.1) is 0 Å². The van der Waals surface area contributed by atoms with Crippen molar-refractivity contribution < 1.29 is 0 Å². The van der Waals surface area contributed by atoms with Gasteiger partial charge in [0.15, 0.2) is 0 Å². The molecular weight excluding hydrogens is 240 g/mol. The Morgan fingerprint density at radius 2 is 2.05 bits per heavy atom. The Kier molecular flexibility index (Phi) is 2.66.